The van der Waals surface area contributed by atoms with E-state index < -0.39 is 11.7 Å². The number of ether oxygens (including phenoxy) is 1. The Morgan fingerprint density at radius 3 is 1.95 bits per heavy atom. The van der Waals surface area contributed by atoms with Crippen LogP contribution in [0.3, 0.4) is 0 Å². The Morgan fingerprint density at radius 1 is 1.00 bits per heavy atom. The number of hydrogen-bond acceptors (Lipinski definition) is 2. The van der Waals surface area contributed by atoms with Gasteiger partial charge in [-0.15, -0.1) is 0 Å². The lowest BCUT2D eigenvalue weighted by atomic mass is 10.2. The molecule has 0 saturated carbocycles. The molecule has 0 spiro atoms. The van der Waals surface area contributed by atoms with Gasteiger partial charge in [0, 0.05) is 12.1 Å². The van der Waals surface area contributed by atoms with Crippen LogP contribution in [0, 0.1) is 0 Å². The molecule has 0 aliphatic heterocycles. The summed E-state index contributed by atoms with van der Waals surface area (Å²) in [4.78, 5) is 11.6. The van der Waals surface area contributed by atoms with E-state index in [4.69, 9.17) is 4.74 Å². The standard InChI is InChI=1S/C16H14F3NO2/c1-2-20-15(21)11-3-7-13(8-4-11)22-14-9-5-12(6-10-14)16(17,18)19/h3-10H,2H2,1H3,(H,20,21). The summed E-state index contributed by atoms with van der Waals surface area (Å²) in [7, 11) is 0. The fraction of sp³-hybridized carbons (Fsp3) is 0.188. The molecule has 0 aliphatic rings. The van der Waals surface area contributed by atoms with Gasteiger partial charge >= 0.3 is 6.18 Å². The van der Waals surface area contributed by atoms with Crippen molar-refractivity contribution in [3.63, 3.8) is 0 Å². The molecule has 0 radical (unpaired) electrons. The van der Waals surface area contributed by atoms with E-state index in [1.54, 1.807) is 24.3 Å². The number of rotatable bonds is 4. The molecule has 3 nitrogen and oxygen atoms in total. The highest BCUT2D eigenvalue weighted by molar-refractivity contribution is 5.94. The maximum absolute atomic E-state index is 12.5. The molecule has 2 rings (SSSR count). The molecule has 0 saturated heterocycles. The zero-order chi connectivity index (χ0) is 16.2. The Kier molecular flexibility index (Phi) is 4.70. The topological polar surface area (TPSA) is 38.3 Å². The lowest BCUT2D eigenvalue weighted by Crippen LogP contribution is -2.22. The number of carbonyl (C=O) groups is 1. The average molecular weight is 309 g/mol. The third kappa shape index (κ3) is 4.00. The maximum Gasteiger partial charge on any atom is 0.416 e. The fourth-order valence-electron chi connectivity index (χ4n) is 1.79. The van der Waals surface area contributed by atoms with Crippen LogP contribution in [0.4, 0.5) is 13.2 Å². The monoisotopic (exact) mass is 309 g/mol. The first-order chi connectivity index (χ1) is 10.4. The van der Waals surface area contributed by atoms with Crippen LogP contribution in [0.2, 0.25) is 0 Å². The molecule has 6 heteroatoms. The van der Waals surface area contributed by atoms with Gasteiger partial charge < -0.3 is 10.1 Å². The molecule has 0 atom stereocenters. The van der Waals surface area contributed by atoms with Gasteiger partial charge in [0.15, 0.2) is 0 Å². The third-order valence-electron chi connectivity index (χ3n) is 2.87. The molecule has 2 aromatic rings. The van der Waals surface area contributed by atoms with Crippen LogP contribution >= 0.6 is 0 Å². The van der Waals surface area contributed by atoms with Crippen molar-refractivity contribution in [3.8, 4) is 11.5 Å². The van der Waals surface area contributed by atoms with E-state index in [-0.39, 0.29) is 5.91 Å². The molecule has 116 valence electrons. The van der Waals surface area contributed by atoms with Gasteiger partial charge in [0.2, 0.25) is 0 Å². The van der Waals surface area contributed by atoms with E-state index in [0.717, 1.165) is 12.1 Å². The van der Waals surface area contributed by atoms with E-state index in [9.17, 15) is 18.0 Å². The molecule has 2 aromatic carbocycles. The zero-order valence-electron chi connectivity index (χ0n) is 11.8. The summed E-state index contributed by atoms with van der Waals surface area (Å²) in [6.07, 6.45) is -4.37. The minimum absolute atomic E-state index is 0.191. The number of alkyl halides is 3. The van der Waals surface area contributed by atoms with E-state index in [2.05, 4.69) is 5.32 Å². The van der Waals surface area contributed by atoms with Crippen LogP contribution in [0.25, 0.3) is 0 Å². The Hall–Kier alpha value is -2.50. The summed E-state index contributed by atoms with van der Waals surface area (Å²) in [6.45, 7) is 2.35. The van der Waals surface area contributed by atoms with Crippen LogP contribution < -0.4 is 10.1 Å². The number of amides is 1. The van der Waals surface area contributed by atoms with E-state index >= 15 is 0 Å². The predicted molar refractivity (Wildman–Crippen MR) is 76.0 cm³/mol. The molecular formula is C16H14F3NO2. The van der Waals surface area contributed by atoms with Gasteiger partial charge in [0.1, 0.15) is 11.5 Å². The van der Waals surface area contributed by atoms with Crippen LogP contribution in [0.5, 0.6) is 11.5 Å². The van der Waals surface area contributed by atoms with Gasteiger partial charge in [-0.25, -0.2) is 0 Å². The van der Waals surface area contributed by atoms with Crippen molar-refractivity contribution in [3.05, 3.63) is 59.7 Å². The summed E-state index contributed by atoms with van der Waals surface area (Å²) < 4.78 is 42.8. The number of nitrogens with one attached hydrogen (secondary N) is 1. The first kappa shape index (κ1) is 15.9. The molecule has 0 aromatic heterocycles. The molecule has 1 N–H and O–H groups in total. The first-order valence-corrected chi connectivity index (χ1v) is 6.63. The van der Waals surface area contributed by atoms with Crippen molar-refractivity contribution in [1.82, 2.24) is 5.32 Å². The van der Waals surface area contributed by atoms with Gasteiger partial charge in [-0.3, -0.25) is 4.79 Å². The Balaban J connectivity index is 2.06. The number of carbonyl (C=O) groups excluding carboxylic acids is 1. The average Bonchev–Trinajstić information content (AvgIpc) is 2.48. The molecule has 0 heterocycles. The van der Waals surface area contributed by atoms with Crippen molar-refractivity contribution in [1.29, 1.82) is 0 Å². The molecule has 0 aliphatic carbocycles. The smallest absolute Gasteiger partial charge is 0.416 e. The molecule has 0 bridgehead atoms. The van der Waals surface area contributed by atoms with Gasteiger partial charge in [0.25, 0.3) is 5.91 Å². The van der Waals surface area contributed by atoms with Gasteiger partial charge in [-0.05, 0) is 55.5 Å². The summed E-state index contributed by atoms with van der Waals surface area (Å²) in [6, 6.07) is 10.8. The van der Waals surface area contributed by atoms with Crippen molar-refractivity contribution in [2.24, 2.45) is 0 Å². The van der Waals surface area contributed by atoms with Crippen LogP contribution in [0.1, 0.15) is 22.8 Å². The van der Waals surface area contributed by atoms with Gasteiger partial charge in [-0.2, -0.15) is 13.2 Å². The Labute approximate surface area is 125 Å². The second-order valence-electron chi connectivity index (χ2n) is 4.51. The van der Waals surface area contributed by atoms with Crippen LogP contribution in [-0.4, -0.2) is 12.5 Å². The quantitative estimate of drug-likeness (QED) is 0.917. The number of hydrogen-bond donors (Lipinski definition) is 1. The van der Waals surface area contributed by atoms with Gasteiger partial charge in [-0.1, -0.05) is 0 Å². The second-order valence-corrected chi connectivity index (χ2v) is 4.51. The molecular weight excluding hydrogens is 295 g/mol. The van der Waals surface area contributed by atoms with E-state index in [1.807, 2.05) is 6.92 Å². The minimum Gasteiger partial charge on any atom is -0.457 e. The van der Waals surface area contributed by atoms with E-state index in [1.165, 1.54) is 12.1 Å². The Morgan fingerprint density at radius 2 is 1.50 bits per heavy atom. The van der Waals surface area contributed by atoms with Crippen LogP contribution in [0.15, 0.2) is 48.5 Å². The minimum atomic E-state index is -4.37. The lowest BCUT2D eigenvalue weighted by Gasteiger charge is -2.09. The Bertz CT molecular complexity index is 634. The normalized spacial score (nSPS) is 11.1. The van der Waals surface area contributed by atoms with Crippen molar-refractivity contribution < 1.29 is 22.7 Å². The number of benzene rings is 2. The SMILES string of the molecule is CCNC(=O)c1ccc(Oc2ccc(C(F)(F)F)cc2)cc1. The summed E-state index contributed by atoms with van der Waals surface area (Å²) in [5, 5.41) is 2.67. The predicted octanol–water partition coefficient (Wildman–Crippen LogP) is 4.25. The molecule has 22 heavy (non-hydrogen) atoms. The van der Waals surface area contributed by atoms with Crippen molar-refractivity contribution in [2.45, 2.75) is 13.1 Å². The summed E-state index contributed by atoms with van der Waals surface area (Å²) >= 11 is 0. The zero-order valence-corrected chi connectivity index (χ0v) is 11.8. The summed E-state index contributed by atoms with van der Waals surface area (Å²) in [5.74, 6) is 0.537. The highest BCUT2D eigenvalue weighted by atomic mass is 19.4. The van der Waals surface area contributed by atoms with Crippen LogP contribution in [-0.2, 0) is 6.18 Å². The highest BCUT2D eigenvalue weighted by Gasteiger charge is 2.30. The maximum atomic E-state index is 12.5. The van der Waals surface area contributed by atoms with Crippen molar-refractivity contribution >= 4 is 5.91 Å². The number of halogens is 3. The molecule has 0 fully saturated rings. The third-order valence-corrected chi connectivity index (χ3v) is 2.87. The largest absolute Gasteiger partial charge is 0.457 e. The molecule has 1 amide bonds. The molecule has 0 unspecified atom stereocenters. The van der Waals surface area contributed by atoms with Crippen molar-refractivity contribution in [2.75, 3.05) is 6.54 Å². The highest BCUT2D eigenvalue weighted by Crippen LogP contribution is 2.31. The van der Waals surface area contributed by atoms with Gasteiger partial charge in [0.05, 0.1) is 5.56 Å². The second kappa shape index (κ2) is 6.51. The lowest BCUT2D eigenvalue weighted by molar-refractivity contribution is -0.137. The first-order valence-electron chi connectivity index (χ1n) is 6.63. The summed E-state index contributed by atoms with van der Waals surface area (Å²) in [5.41, 5.74) is -0.243. The van der Waals surface area contributed by atoms with E-state index in [0.29, 0.717) is 23.6 Å². The fourth-order valence-corrected chi connectivity index (χ4v) is 1.79.